The molecule has 8 heteroatoms. The van der Waals surface area contributed by atoms with Crippen LogP contribution in [0.15, 0.2) is 57.6 Å². The Morgan fingerprint density at radius 3 is 2.68 bits per heavy atom. The predicted octanol–water partition coefficient (Wildman–Crippen LogP) is 4.65. The third-order valence-corrected chi connectivity index (χ3v) is 4.25. The molecule has 1 amide bonds. The molecule has 0 atom stereocenters. The quantitative estimate of drug-likeness (QED) is 0.630. The fourth-order valence-electron chi connectivity index (χ4n) is 2.05. The summed E-state index contributed by atoms with van der Waals surface area (Å²) in [4.78, 5) is 12.2. The first-order valence-electron chi connectivity index (χ1n) is 7.20. The van der Waals surface area contributed by atoms with Crippen molar-refractivity contribution in [2.24, 2.45) is 0 Å². The van der Waals surface area contributed by atoms with Gasteiger partial charge in [0, 0.05) is 5.56 Å². The molecule has 3 aromatic rings. The highest BCUT2D eigenvalue weighted by Gasteiger charge is 2.14. The van der Waals surface area contributed by atoms with Crippen LogP contribution in [0.2, 0.25) is 10.0 Å². The second-order valence-corrected chi connectivity index (χ2v) is 6.23. The van der Waals surface area contributed by atoms with E-state index in [1.165, 1.54) is 0 Å². The summed E-state index contributed by atoms with van der Waals surface area (Å²) in [6.45, 7) is 0.374. The first-order valence-corrected chi connectivity index (χ1v) is 8.36. The topological polar surface area (TPSA) is 67.4 Å². The van der Waals surface area contributed by atoms with E-state index in [1.54, 1.807) is 48.7 Å². The van der Waals surface area contributed by atoms with Crippen LogP contribution in [0.5, 0.6) is 0 Å². The number of nitrogens with one attached hydrogen (secondary N) is 2. The summed E-state index contributed by atoms with van der Waals surface area (Å²) in [6.07, 6.45) is 1.56. The fraction of sp³-hybridized carbons (Fsp3) is 0.0588. The van der Waals surface area contributed by atoms with Crippen LogP contribution in [0.1, 0.15) is 16.3 Å². The van der Waals surface area contributed by atoms with Crippen molar-refractivity contribution in [3.05, 3.63) is 70.3 Å². The monoisotopic (exact) mass is 394 g/mol. The Morgan fingerprint density at radius 2 is 1.96 bits per heavy atom. The molecule has 25 heavy (non-hydrogen) atoms. The summed E-state index contributed by atoms with van der Waals surface area (Å²) in [5.74, 6) is 0.876. The highest BCUT2D eigenvalue weighted by atomic mass is 35.5. The van der Waals surface area contributed by atoms with Gasteiger partial charge in [0.25, 0.3) is 5.91 Å². The molecular weight excluding hydrogens is 383 g/mol. The maximum Gasteiger partial charge on any atom is 0.293 e. The molecular formula is C17H12Cl2N2O3S. The highest BCUT2D eigenvalue weighted by Crippen LogP contribution is 2.29. The minimum absolute atomic E-state index is 0.128. The smallest absolute Gasteiger partial charge is 0.293 e. The SMILES string of the molecule is O=C(NC(=S)NCc1ccco1)c1ccc(-c2ccc(Cl)c(Cl)c2)o1. The summed E-state index contributed by atoms with van der Waals surface area (Å²) in [5.41, 5.74) is 0.715. The molecule has 3 rings (SSSR count). The molecule has 0 saturated carbocycles. The van der Waals surface area contributed by atoms with Gasteiger partial charge in [-0.3, -0.25) is 10.1 Å². The summed E-state index contributed by atoms with van der Waals surface area (Å²) in [6, 6.07) is 11.9. The second-order valence-electron chi connectivity index (χ2n) is 5.01. The zero-order valence-corrected chi connectivity index (χ0v) is 15.0. The molecule has 0 aliphatic carbocycles. The fourth-order valence-corrected chi connectivity index (χ4v) is 2.52. The average molecular weight is 395 g/mol. The number of halogens is 2. The van der Waals surface area contributed by atoms with Gasteiger partial charge < -0.3 is 14.2 Å². The third-order valence-electron chi connectivity index (χ3n) is 3.26. The lowest BCUT2D eigenvalue weighted by Crippen LogP contribution is -2.38. The summed E-state index contributed by atoms with van der Waals surface area (Å²) < 4.78 is 10.7. The van der Waals surface area contributed by atoms with Gasteiger partial charge in [0.15, 0.2) is 10.9 Å². The Bertz CT molecular complexity index is 907. The van der Waals surface area contributed by atoms with Crippen molar-refractivity contribution in [2.75, 3.05) is 0 Å². The van der Waals surface area contributed by atoms with Crippen molar-refractivity contribution in [1.29, 1.82) is 0 Å². The lowest BCUT2D eigenvalue weighted by atomic mass is 10.2. The number of carbonyl (C=O) groups excluding carboxylic acids is 1. The van der Waals surface area contributed by atoms with Gasteiger partial charge in [0.1, 0.15) is 11.5 Å². The molecule has 0 bridgehead atoms. The largest absolute Gasteiger partial charge is 0.467 e. The standard InChI is InChI=1S/C17H12Cl2N2O3S/c18-12-4-3-10(8-13(12)19)14-5-6-15(24-14)16(22)21-17(25)20-9-11-2-1-7-23-11/h1-8H,9H2,(H2,20,21,22,25). The molecule has 128 valence electrons. The molecule has 2 heterocycles. The molecule has 2 N–H and O–H groups in total. The van der Waals surface area contributed by atoms with Crippen molar-refractivity contribution in [3.63, 3.8) is 0 Å². The van der Waals surface area contributed by atoms with Crippen molar-refractivity contribution >= 4 is 46.4 Å². The van der Waals surface area contributed by atoms with Crippen LogP contribution in [-0.4, -0.2) is 11.0 Å². The number of rotatable bonds is 4. The molecule has 0 aliphatic heterocycles. The van der Waals surface area contributed by atoms with Gasteiger partial charge in [0.2, 0.25) is 0 Å². The first-order chi connectivity index (χ1) is 12.0. The van der Waals surface area contributed by atoms with Crippen molar-refractivity contribution in [2.45, 2.75) is 6.54 Å². The van der Waals surface area contributed by atoms with Gasteiger partial charge in [-0.2, -0.15) is 0 Å². The van der Waals surface area contributed by atoms with E-state index in [9.17, 15) is 4.79 Å². The molecule has 0 aliphatic rings. The molecule has 0 spiro atoms. The minimum atomic E-state index is -0.455. The van der Waals surface area contributed by atoms with E-state index in [1.807, 2.05) is 0 Å². The lowest BCUT2D eigenvalue weighted by Gasteiger charge is -2.07. The average Bonchev–Trinajstić information content (AvgIpc) is 3.27. The Labute approximate surface area is 158 Å². The van der Waals surface area contributed by atoms with Crippen LogP contribution in [0.3, 0.4) is 0 Å². The first kappa shape index (κ1) is 17.5. The predicted molar refractivity (Wildman–Crippen MR) is 99.8 cm³/mol. The zero-order valence-electron chi connectivity index (χ0n) is 12.7. The molecule has 5 nitrogen and oxygen atoms in total. The van der Waals surface area contributed by atoms with E-state index in [2.05, 4.69) is 10.6 Å². The van der Waals surface area contributed by atoms with Gasteiger partial charge >= 0.3 is 0 Å². The lowest BCUT2D eigenvalue weighted by molar-refractivity contribution is 0.0950. The molecule has 0 radical (unpaired) electrons. The van der Waals surface area contributed by atoms with Gasteiger partial charge in [-0.1, -0.05) is 23.2 Å². The number of furan rings is 2. The molecule has 2 aromatic heterocycles. The van der Waals surface area contributed by atoms with Crippen molar-refractivity contribution in [3.8, 4) is 11.3 Å². The number of thiocarbonyl (C=S) groups is 1. The Morgan fingerprint density at radius 1 is 1.12 bits per heavy atom. The summed E-state index contributed by atoms with van der Waals surface area (Å²) in [5, 5.41) is 6.44. The van der Waals surface area contributed by atoms with Crippen LogP contribution in [0.4, 0.5) is 0 Å². The maximum absolute atomic E-state index is 12.2. The summed E-state index contributed by atoms with van der Waals surface area (Å²) in [7, 11) is 0. The Balaban J connectivity index is 1.62. The number of hydrogen-bond acceptors (Lipinski definition) is 4. The maximum atomic E-state index is 12.2. The molecule has 0 unspecified atom stereocenters. The van der Waals surface area contributed by atoms with Gasteiger partial charge in [-0.25, -0.2) is 0 Å². The van der Waals surface area contributed by atoms with E-state index in [0.29, 0.717) is 33.7 Å². The number of hydrogen-bond donors (Lipinski definition) is 2. The summed E-state index contributed by atoms with van der Waals surface area (Å²) >= 11 is 17.0. The number of benzene rings is 1. The Hall–Kier alpha value is -2.28. The number of amides is 1. The second kappa shape index (κ2) is 7.74. The van der Waals surface area contributed by atoms with Crippen LogP contribution < -0.4 is 10.6 Å². The normalized spacial score (nSPS) is 10.5. The van der Waals surface area contributed by atoms with Crippen LogP contribution in [-0.2, 0) is 6.54 Å². The molecule has 0 fully saturated rings. The van der Waals surface area contributed by atoms with Crippen molar-refractivity contribution < 1.29 is 13.6 Å². The number of carbonyl (C=O) groups is 1. The van der Waals surface area contributed by atoms with Gasteiger partial charge in [0.05, 0.1) is 22.9 Å². The van der Waals surface area contributed by atoms with E-state index < -0.39 is 5.91 Å². The van der Waals surface area contributed by atoms with E-state index in [-0.39, 0.29) is 10.9 Å². The molecule has 1 aromatic carbocycles. The van der Waals surface area contributed by atoms with E-state index in [0.717, 1.165) is 0 Å². The molecule has 0 saturated heterocycles. The van der Waals surface area contributed by atoms with E-state index in [4.69, 9.17) is 44.3 Å². The van der Waals surface area contributed by atoms with Crippen LogP contribution in [0, 0.1) is 0 Å². The van der Waals surface area contributed by atoms with Gasteiger partial charge in [-0.05, 0) is 54.7 Å². The zero-order chi connectivity index (χ0) is 17.8. The minimum Gasteiger partial charge on any atom is -0.467 e. The Kier molecular flexibility index (Phi) is 5.43. The third kappa shape index (κ3) is 4.42. The van der Waals surface area contributed by atoms with Crippen LogP contribution >= 0.6 is 35.4 Å². The highest BCUT2D eigenvalue weighted by molar-refractivity contribution is 7.80. The van der Waals surface area contributed by atoms with Crippen molar-refractivity contribution in [1.82, 2.24) is 10.6 Å². The van der Waals surface area contributed by atoms with E-state index >= 15 is 0 Å². The van der Waals surface area contributed by atoms with Crippen LogP contribution in [0.25, 0.3) is 11.3 Å². The van der Waals surface area contributed by atoms with Gasteiger partial charge in [-0.15, -0.1) is 0 Å².